The van der Waals surface area contributed by atoms with Crippen molar-refractivity contribution in [3.8, 4) is 11.3 Å². The molecule has 0 aliphatic rings. The van der Waals surface area contributed by atoms with Crippen molar-refractivity contribution in [1.29, 1.82) is 0 Å². The summed E-state index contributed by atoms with van der Waals surface area (Å²) in [5.41, 5.74) is 5.33. The molecule has 0 saturated carbocycles. The van der Waals surface area contributed by atoms with Crippen molar-refractivity contribution in [1.82, 2.24) is 14.3 Å². The molecule has 2 aromatic heterocycles. The topological polar surface area (TPSA) is 118 Å². The summed E-state index contributed by atoms with van der Waals surface area (Å²) < 4.78 is 14.4. The van der Waals surface area contributed by atoms with Crippen molar-refractivity contribution in [2.45, 2.75) is 45.0 Å². The Balaban J connectivity index is 1.75. The number of para-hydroxylation sites is 1. The van der Waals surface area contributed by atoms with Gasteiger partial charge >= 0.3 is 233 Å². The third-order valence-electron chi connectivity index (χ3n) is 7.09. The second-order valence-corrected chi connectivity index (χ2v) is 12.3. The number of nitrogens with zero attached hydrogens (tertiary/aromatic N) is 4. The van der Waals surface area contributed by atoms with Crippen LogP contribution in [0.15, 0.2) is 36.4 Å². The van der Waals surface area contributed by atoms with Gasteiger partial charge in [0.25, 0.3) is 0 Å². The first-order valence-electron chi connectivity index (χ1n) is 13.0. The van der Waals surface area contributed by atoms with Gasteiger partial charge in [0.15, 0.2) is 0 Å². The average Bonchev–Trinajstić information content (AvgIpc) is 3.40. The zero-order chi connectivity index (χ0) is 29.8. The van der Waals surface area contributed by atoms with Gasteiger partial charge in [-0.2, -0.15) is 0 Å². The van der Waals surface area contributed by atoms with Crippen LogP contribution in [0.2, 0.25) is 10.3 Å². The number of ether oxygens (including phenoxy) is 2. The van der Waals surface area contributed by atoms with Crippen molar-refractivity contribution in [2.24, 2.45) is 7.05 Å². The van der Waals surface area contributed by atoms with Crippen LogP contribution in [0.5, 0.6) is 0 Å². The van der Waals surface area contributed by atoms with E-state index in [0.29, 0.717) is 29.2 Å². The molecular weight excluding hydrogens is 615 g/mol. The molecule has 0 atom stereocenters. The minimum absolute atomic E-state index is 0.0687. The molecule has 0 aliphatic heterocycles. The van der Waals surface area contributed by atoms with Gasteiger partial charge in [0, 0.05) is 0 Å². The SMILES string of the molecule is COC(=O)CCc1c(C(=O)OC)n(C)c2c(-c3c(C)c(C)nn3CCC[Se]c3ccccc3[N+](=O)[O-])c(Cl)ccc12. The van der Waals surface area contributed by atoms with Gasteiger partial charge in [0.05, 0.1) is 7.11 Å². The van der Waals surface area contributed by atoms with E-state index in [-0.39, 0.29) is 38.0 Å². The molecule has 0 radical (unpaired) electrons. The van der Waals surface area contributed by atoms with Crippen molar-refractivity contribution in [3.05, 3.63) is 74.0 Å². The Morgan fingerprint density at radius 2 is 1.85 bits per heavy atom. The van der Waals surface area contributed by atoms with Crippen LogP contribution in [0.3, 0.4) is 0 Å². The van der Waals surface area contributed by atoms with E-state index in [0.717, 1.165) is 49.6 Å². The van der Waals surface area contributed by atoms with Crippen molar-refractivity contribution in [3.63, 3.8) is 0 Å². The number of esters is 2. The number of nitro groups is 1. The summed E-state index contributed by atoms with van der Waals surface area (Å²) in [7, 11) is 4.44. The van der Waals surface area contributed by atoms with Crippen LogP contribution in [0, 0.1) is 24.0 Å². The quantitative estimate of drug-likeness (QED) is 0.0745. The molecule has 0 amide bonds. The molecule has 0 saturated heterocycles. The van der Waals surface area contributed by atoms with Crippen molar-refractivity contribution in [2.75, 3.05) is 14.2 Å². The Kier molecular flexibility index (Phi) is 9.53. The van der Waals surface area contributed by atoms with Gasteiger partial charge in [-0.25, -0.2) is 0 Å². The van der Waals surface area contributed by atoms with Crippen LogP contribution in [-0.2, 0) is 34.3 Å². The molecule has 0 bridgehead atoms. The second-order valence-electron chi connectivity index (χ2n) is 9.48. The molecule has 216 valence electrons. The van der Waals surface area contributed by atoms with Crippen LogP contribution < -0.4 is 4.46 Å². The number of hydrogen-bond acceptors (Lipinski definition) is 7. The number of aryl methyl sites for hydroxylation is 4. The molecule has 41 heavy (non-hydrogen) atoms. The first-order chi connectivity index (χ1) is 19.6. The molecule has 4 rings (SSSR count). The van der Waals surface area contributed by atoms with Gasteiger partial charge in [-0.3, -0.25) is 4.79 Å². The first-order valence-corrected chi connectivity index (χ1v) is 15.4. The Hall–Kier alpha value is -3.66. The number of hydrogen-bond donors (Lipinski definition) is 0. The summed E-state index contributed by atoms with van der Waals surface area (Å²) in [6.45, 7) is 4.51. The number of aromatic nitrogens is 3. The normalized spacial score (nSPS) is 11.2. The number of carbonyl (C=O) groups excluding carboxylic acids is 2. The first kappa shape index (κ1) is 30.3. The molecule has 10 nitrogen and oxygen atoms in total. The van der Waals surface area contributed by atoms with E-state index >= 15 is 0 Å². The molecule has 4 aromatic rings. The van der Waals surface area contributed by atoms with Crippen LogP contribution in [-0.4, -0.2) is 60.4 Å². The van der Waals surface area contributed by atoms with Gasteiger partial charge in [-0.05, 0) is 0 Å². The summed E-state index contributed by atoms with van der Waals surface area (Å²) in [5, 5.41) is 18.3. The summed E-state index contributed by atoms with van der Waals surface area (Å²) in [5.74, 6) is -0.886. The van der Waals surface area contributed by atoms with Crippen molar-refractivity contribution < 1.29 is 24.0 Å². The van der Waals surface area contributed by atoms with Gasteiger partial charge in [-0.1, -0.05) is 0 Å². The maximum absolute atomic E-state index is 12.9. The predicted octanol–water partition coefficient (Wildman–Crippen LogP) is 4.95. The van der Waals surface area contributed by atoms with E-state index in [1.807, 2.05) is 36.7 Å². The molecule has 0 aliphatic carbocycles. The zero-order valence-electron chi connectivity index (χ0n) is 23.5. The van der Waals surface area contributed by atoms with Crippen LogP contribution in [0.4, 0.5) is 5.69 Å². The maximum atomic E-state index is 12.9. The van der Waals surface area contributed by atoms with Gasteiger partial charge in [-0.15, -0.1) is 0 Å². The van der Waals surface area contributed by atoms with E-state index in [1.165, 1.54) is 14.2 Å². The molecule has 12 heteroatoms. The summed E-state index contributed by atoms with van der Waals surface area (Å²) in [4.78, 5) is 36.0. The third-order valence-corrected chi connectivity index (χ3v) is 9.82. The summed E-state index contributed by atoms with van der Waals surface area (Å²) in [6, 6.07) is 10.5. The number of fused-ring (bicyclic) bond motifs is 1. The fourth-order valence-corrected chi connectivity index (χ4v) is 7.29. The number of nitro benzene ring substituents is 1. The fourth-order valence-electron chi connectivity index (χ4n) is 5.04. The molecule has 2 heterocycles. The van der Waals surface area contributed by atoms with Gasteiger partial charge < -0.3 is 4.74 Å². The molecule has 0 N–H and O–H groups in total. The van der Waals surface area contributed by atoms with Crippen LogP contribution in [0.1, 0.15) is 40.2 Å². The molecule has 2 aromatic carbocycles. The molecule has 0 spiro atoms. The van der Waals surface area contributed by atoms with Gasteiger partial charge in [0.2, 0.25) is 0 Å². The van der Waals surface area contributed by atoms with Gasteiger partial charge in [0.1, 0.15) is 0 Å². The van der Waals surface area contributed by atoms with E-state index < -0.39 is 5.97 Å². The third kappa shape index (κ3) is 6.02. The minimum atomic E-state index is -0.510. The number of halogens is 1. The Labute approximate surface area is 248 Å². The second kappa shape index (κ2) is 12.9. The summed E-state index contributed by atoms with van der Waals surface area (Å²) in [6.07, 6.45) is 1.16. The number of methoxy groups -OCH3 is 2. The number of benzene rings is 2. The van der Waals surface area contributed by atoms with E-state index in [1.54, 1.807) is 29.8 Å². The molecule has 0 fully saturated rings. The standard InChI is InChI=1S/C29H31ClN4O6Se/c1-17-18(2)31-33(15-8-16-41-23-10-7-6-9-22(23)34(37)38)26(17)25-21(30)13-11-19-20(12-14-24(35)39-4)28(29(36)40-5)32(3)27(19)25/h6-7,9-11,13H,8,12,14-16H2,1-5H3. The zero-order valence-corrected chi connectivity index (χ0v) is 26.0. The number of carbonyl (C=O) groups is 2. The van der Waals surface area contributed by atoms with Crippen LogP contribution in [0.25, 0.3) is 22.2 Å². The molecular formula is C29H31ClN4O6Se. The van der Waals surface area contributed by atoms with E-state index in [4.69, 9.17) is 26.2 Å². The summed E-state index contributed by atoms with van der Waals surface area (Å²) >= 11 is 6.80. The Morgan fingerprint density at radius 3 is 2.54 bits per heavy atom. The predicted molar refractivity (Wildman–Crippen MR) is 158 cm³/mol. The van der Waals surface area contributed by atoms with E-state index in [2.05, 4.69) is 0 Å². The monoisotopic (exact) mass is 646 g/mol. The Bertz CT molecular complexity index is 1640. The Morgan fingerprint density at radius 1 is 1.12 bits per heavy atom. The van der Waals surface area contributed by atoms with Crippen molar-refractivity contribution >= 4 is 59.5 Å². The molecule has 0 unspecified atom stereocenters. The van der Waals surface area contributed by atoms with Crippen LogP contribution >= 0.6 is 11.6 Å². The van der Waals surface area contributed by atoms with E-state index in [9.17, 15) is 19.7 Å². The number of rotatable bonds is 11. The average molecular weight is 646 g/mol. The fraction of sp³-hybridized carbons (Fsp3) is 0.345.